The van der Waals surface area contributed by atoms with Crippen LogP contribution >= 0.6 is 0 Å². The first kappa shape index (κ1) is 19.2. The topological polar surface area (TPSA) is 48.5 Å². The Kier molecular flexibility index (Phi) is 4.58. The lowest BCUT2D eigenvalue weighted by Crippen LogP contribution is -2.02. The number of fused-ring (bicyclic) bond motifs is 1. The summed E-state index contributed by atoms with van der Waals surface area (Å²) in [5.74, 6) is 0. The zero-order valence-corrected chi connectivity index (χ0v) is 18.1. The van der Waals surface area contributed by atoms with Gasteiger partial charge in [0.1, 0.15) is 22.6 Å². The molecule has 0 aliphatic carbocycles. The Morgan fingerprint density at radius 3 is 2.03 bits per heavy atom. The summed E-state index contributed by atoms with van der Waals surface area (Å²) >= 11 is 0. The number of para-hydroxylation sites is 2. The van der Waals surface area contributed by atoms with Crippen molar-refractivity contribution < 1.29 is 0 Å². The van der Waals surface area contributed by atoms with Gasteiger partial charge in [-0.25, -0.2) is 9.36 Å². The maximum Gasteiger partial charge on any atom is 0.121 e. The lowest BCUT2D eigenvalue weighted by atomic mass is 10.0. The molecule has 5 heteroatoms. The number of aryl methyl sites for hydroxylation is 1. The highest BCUT2D eigenvalue weighted by molar-refractivity contribution is 5.86. The molecule has 0 saturated heterocycles. The smallest absolute Gasteiger partial charge is 0.121 e. The molecule has 0 N–H and O–H groups in total. The number of hydrogen-bond donors (Lipinski definition) is 0. The molecular weight excluding hydrogens is 406 g/mol. The van der Waals surface area contributed by atoms with Crippen LogP contribution in [0.2, 0.25) is 0 Å². The Morgan fingerprint density at radius 1 is 0.606 bits per heavy atom. The summed E-state index contributed by atoms with van der Waals surface area (Å²) < 4.78 is 3.93. The quantitative estimate of drug-likeness (QED) is 0.334. The van der Waals surface area contributed by atoms with Crippen molar-refractivity contribution in [3.63, 3.8) is 0 Å². The third-order valence-electron chi connectivity index (χ3n) is 5.80. The normalized spacial score (nSPS) is 11.2. The molecule has 6 aromatic rings. The maximum atomic E-state index is 5.15. The predicted molar refractivity (Wildman–Crippen MR) is 132 cm³/mol. The Bertz CT molecular complexity index is 1550. The molecule has 6 rings (SSSR count). The SMILES string of the molecule is Cc1ccc(-c2nn(-c3ccccc3)c(-c3ccccc3)c2-n2nnc3ccccc32)cc1. The van der Waals surface area contributed by atoms with Gasteiger partial charge in [0.15, 0.2) is 0 Å². The number of aromatic nitrogens is 5. The Hall–Kier alpha value is -4.51. The van der Waals surface area contributed by atoms with Gasteiger partial charge in [-0.1, -0.05) is 95.7 Å². The molecule has 0 atom stereocenters. The summed E-state index contributed by atoms with van der Waals surface area (Å²) in [6.07, 6.45) is 0. The lowest BCUT2D eigenvalue weighted by molar-refractivity contribution is 0.825. The summed E-state index contributed by atoms with van der Waals surface area (Å²) in [5, 5.41) is 14.2. The minimum absolute atomic E-state index is 0.846. The van der Waals surface area contributed by atoms with Crippen LogP contribution < -0.4 is 0 Å². The van der Waals surface area contributed by atoms with Gasteiger partial charge in [0, 0.05) is 11.1 Å². The largest absolute Gasteiger partial charge is 0.230 e. The van der Waals surface area contributed by atoms with Crippen molar-refractivity contribution in [2.75, 3.05) is 0 Å². The van der Waals surface area contributed by atoms with E-state index in [1.807, 2.05) is 70.0 Å². The van der Waals surface area contributed by atoms with Crippen molar-refractivity contribution in [2.45, 2.75) is 6.92 Å². The standard InChI is InChI=1S/C28H21N5/c1-20-16-18-21(19-17-20)26-28(33-25-15-9-8-14-24(25)29-31-33)27(22-10-4-2-5-11-22)32(30-26)23-12-6-3-7-13-23/h2-19H,1H3. The molecule has 0 bridgehead atoms. The van der Waals surface area contributed by atoms with Gasteiger partial charge >= 0.3 is 0 Å². The first-order chi connectivity index (χ1) is 16.3. The van der Waals surface area contributed by atoms with Crippen LogP contribution in [0.15, 0.2) is 109 Å². The fraction of sp³-hybridized carbons (Fsp3) is 0.0357. The van der Waals surface area contributed by atoms with E-state index in [1.165, 1.54) is 5.56 Å². The van der Waals surface area contributed by atoms with E-state index in [4.69, 9.17) is 5.10 Å². The fourth-order valence-electron chi connectivity index (χ4n) is 4.16. The molecule has 0 unspecified atom stereocenters. The molecular formula is C28H21N5. The van der Waals surface area contributed by atoms with E-state index in [9.17, 15) is 0 Å². The molecule has 0 radical (unpaired) electrons. The molecule has 0 aliphatic heterocycles. The van der Waals surface area contributed by atoms with E-state index < -0.39 is 0 Å². The highest BCUT2D eigenvalue weighted by Gasteiger charge is 2.25. The van der Waals surface area contributed by atoms with Gasteiger partial charge in [-0.2, -0.15) is 5.10 Å². The fourth-order valence-corrected chi connectivity index (χ4v) is 4.16. The van der Waals surface area contributed by atoms with Gasteiger partial charge in [-0.3, -0.25) is 0 Å². The molecule has 5 nitrogen and oxygen atoms in total. The van der Waals surface area contributed by atoms with Crippen molar-refractivity contribution >= 4 is 11.0 Å². The predicted octanol–water partition coefficient (Wildman–Crippen LogP) is 6.25. The number of nitrogens with zero attached hydrogens (tertiary/aromatic N) is 5. The van der Waals surface area contributed by atoms with Crippen LogP contribution in [0.4, 0.5) is 0 Å². The molecule has 0 saturated carbocycles. The summed E-state index contributed by atoms with van der Waals surface area (Å²) in [5.41, 5.74) is 8.79. The third-order valence-corrected chi connectivity index (χ3v) is 5.80. The van der Waals surface area contributed by atoms with Crippen LogP contribution in [0, 0.1) is 6.92 Å². The minimum Gasteiger partial charge on any atom is -0.230 e. The van der Waals surface area contributed by atoms with E-state index in [0.717, 1.165) is 44.9 Å². The van der Waals surface area contributed by atoms with Crippen molar-refractivity contribution in [3.05, 3.63) is 115 Å². The highest BCUT2D eigenvalue weighted by Crippen LogP contribution is 2.38. The second-order valence-electron chi connectivity index (χ2n) is 8.02. The Balaban J connectivity index is 1.75. The molecule has 158 valence electrons. The molecule has 2 aromatic heterocycles. The molecule has 0 spiro atoms. The maximum absolute atomic E-state index is 5.15. The van der Waals surface area contributed by atoms with E-state index in [0.29, 0.717) is 0 Å². The number of hydrogen-bond acceptors (Lipinski definition) is 3. The molecule has 2 heterocycles. The van der Waals surface area contributed by atoms with Gasteiger partial charge in [0.05, 0.1) is 11.2 Å². The van der Waals surface area contributed by atoms with Crippen molar-refractivity contribution in [2.24, 2.45) is 0 Å². The molecule has 0 aliphatic rings. The van der Waals surface area contributed by atoms with Crippen LogP contribution in [-0.4, -0.2) is 24.8 Å². The van der Waals surface area contributed by atoms with Gasteiger partial charge in [-0.05, 0) is 31.2 Å². The summed E-state index contributed by atoms with van der Waals surface area (Å²) in [4.78, 5) is 0. The molecule has 4 aromatic carbocycles. The highest BCUT2D eigenvalue weighted by atomic mass is 15.4. The van der Waals surface area contributed by atoms with Crippen LogP contribution in [0.5, 0.6) is 0 Å². The van der Waals surface area contributed by atoms with E-state index in [-0.39, 0.29) is 0 Å². The minimum atomic E-state index is 0.846. The summed E-state index contributed by atoms with van der Waals surface area (Å²) in [7, 11) is 0. The van der Waals surface area contributed by atoms with Crippen LogP contribution in [0.3, 0.4) is 0 Å². The van der Waals surface area contributed by atoms with E-state index in [2.05, 4.69) is 65.8 Å². The number of benzene rings is 4. The van der Waals surface area contributed by atoms with Crippen LogP contribution in [0.25, 0.3) is 44.9 Å². The van der Waals surface area contributed by atoms with Gasteiger partial charge in [-0.15, -0.1) is 5.10 Å². The lowest BCUT2D eigenvalue weighted by Gasteiger charge is -2.11. The third kappa shape index (κ3) is 3.31. The molecule has 0 amide bonds. The number of rotatable bonds is 4. The molecule has 0 fully saturated rings. The van der Waals surface area contributed by atoms with Gasteiger partial charge in [0.2, 0.25) is 0 Å². The van der Waals surface area contributed by atoms with Gasteiger partial charge < -0.3 is 0 Å². The van der Waals surface area contributed by atoms with E-state index >= 15 is 0 Å². The second-order valence-corrected chi connectivity index (χ2v) is 8.02. The van der Waals surface area contributed by atoms with Crippen molar-refractivity contribution in [1.29, 1.82) is 0 Å². The summed E-state index contributed by atoms with van der Waals surface area (Å²) in [6, 6.07) is 37.0. The monoisotopic (exact) mass is 427 g/mol. The van der Waals surface area contributed by atoms with Crippen molar-refractivity contribution in [3.8, 4) is 33.9 Å². The zero-order chi connectivity index (χ0) is 22.2. The Labute approximate surface area is 191 Å². The average molecular weight is 428 g/mol. The van der Waals surface area contributed by atoms with Crippen LogP contribution in [-0.2, 0) is 0 Å². The van der Waals surface area contributed by atoms with Gasteiger partial charge in [0.25, 0.3) is 0 Å². The first-order valence-corrected chi connectivity index (χ1v) is 10.9. The second kappa shape index (κ2) is 7.88. The first-order valence-electron chi connectivity index (χ1n) is 10.9. The summed E-state index contributed by atoms with van der Waals surface area (Å²) in [6.45, 7) is 2.09. The molecule has 33 heavy (non-hydrogen) atoms. The zero-order valence-electron chi connectivity index (χ0n) is 18.1. The van der Waals surface area contributed by atoms with Crippen LogP contribution in [0.1, 0.15) is 5.56 Å². The van der Waals surface area contributed by atoms with E-state index in [1.54, 1.807) is 0 Å². The average Bonchev–Trinajstić information content (AvgIpc) is 3.47. The van der Waals surface area contributed by atoms with Crippen molar-refractivity contribution in [1.82, 2.24) is 24.8 Å². The Morgan fingerprint density at radius 2 is 1.27 bits per heavy atom.